The molecule has 27 heavy (non-hydrogen) atoms. The Morgan fingerprint density at radius 3 is 2.67 bits per heavy atom. The first-order valence-corrected chi connectivity index (χ1v) is 9.29. The summed E-state index contributed by atoms with van der Waals surface area (Å²) in [5, 5.41) is 5.43. The lowest BCUT2D eigenvalue weighted by atomic mass is 9.98. The fourth-order valence-electron chi connectivity index (χ4n) is 2.72. The Hall–Kier alpha value is -2.87. The number of fused-ring (bicyclic) bond motifs is 1. The maximum atomic E-state index is 13.0. The topological polar surface area (TPSA) is 101 Å². The highest BCUT2D eigenvalue weighted by Crippen LogP contribution is 2.31. The smallest absolute Gasteiger partial charge is 0.251 e. The van der Waals surface area contributed by atoms with E-state index < -0.39 is 11.8 Å². The van der Waals surface area contributed by atoms with E-state index in [9.17, 15) is 18.8 Å². The molecule has 1 aliphatic heterocycles. The largest absolute Gasteiger partial charge is 0.369 e. The normalized spacial score (nSPS) is 14.0. The Labute approximate surface area is 159 Å². The zero-order chi connectivity index (χ0) is 19.4. The minimum absolute atomic E-state index is 0.0593. The molecule has 0 radical (unpaired) electrons. The van der Waals surface area contributed by atoms with Crippen molar-refractivity contribution in [2.24, 2.45) is 11.7 Å². The van der Waals surface area contributed by atoms with Gasteiger partial charge in [0.2, 0.25) is 11.8 Å². The highest BCUT2D eigenvalue weighted by atomic mass is 32.2. The van der Waals surface area contributed by atoms with E-state index in [1.54, 1.807) is 30.3 Å². The summed E-state index contributed by atoms with van der Waals surface area (Å²) in [6.45, 7) is 0.0593. The standard InChI is InChI=1S/C19H18FN3O3S/c20-14-4-1-11(2-5-14)7-13(18(21)25)9-22-19(26)12-3-6-16-15(8-12)23-17(24)10-27-16/h1-6,8,13H,7,9-10H2,(H2,21,25)(H,22,26)(H,23,24)/t13-/m1/s1. The number of nitrogens with one attached hydrogen (secondary N) is 2. The van der Waals surface area contributed by atoms with Crippen LogP contribution in [0.5, 0.6) is 0 Å². The van der Waals surface area contributed by atoms with Gasteiger partial charge in [-0.25, -0.2) is 4.39 Å². The summed E-state index contributed by atoms with van der Waals surface area (Å²) in [6.07, 6.45) is 0.298. The molecule has 6 nitrogen and oxygen atoms in total. The molecule has 0 saturated heterocycles. The van der Waals surface area contributed by atoms with Gasteiger partial charge >= 0.3 is 0 Å². The number of nitrogens with two attached hydrogens (primary N) is 1. The van der Waals surface area contributed by atoms with Crippen molar-refractivity contribution in [1.82, 2.24) is 5.32 Å². The van der Waals surface area contributed by atoms with Crippen molar-refractivity contribution in [2.45, 2.75) is 11.3 Å². The number of carbonyl (C=O) groups excluding carboxylic acids is 3. The third-order valence-corrected chi connectivity index (χ3v) is 5.25. The highest BCUT2D eigenvalue weighted by molar-refractivity contribution is 8.00. The number of rotatable bonds is 6. The Morgan fingerprint density at radius 1 is 1.22 bits per heavy atom. The first-order chi connectivity index (χ1) is 12.9. The van der Waals surface area contributed by atoms with Gasteiger partial charge < -0.3 is 16.4 Å². The number of primary amides is 1. The first kappa shape index (κ1) is 18.9. The van der Waals surface area contributed by atoms with E-state index in [0.29, 0.717) is 23.4 Å². The molecule has 0 unspecified atom stereocenters. The summed E-state index contributed by atoms with van der Waals surface area (Å²) in [4.78, 5) is 36.5. The fourth-order valence-corrected chi connectivity index (χ4v) is 3.51. The Morgan fingerprint density at radius 2 is 1.96 bits per heavy atom. The predicted molar refractivity (Wildman–Crippen MR) is 101 cm³/mol. The molecular weight excluding hydrogens is 369 g/mol. The molecule has 4 N–H and O–H groups in total. The molecule has 140 valence electrons. The Bertz CT molecular complexity index is 886. The van der Waals surface area contributed by atoms with Gasteiger partial charge in [-0.2, -0.15) is 0 Å². The number of amides is 3. The quantitative estimate of drug-likeness (QED) is 0.705. The molecule has 2 aromatic rings. The van der Waals surface area contributed by atoms with E-state index in [0.717, 1.165) is 10.5 Å². The summed E-state index contributed by atoms with van der Waals surface area (Å²) >= 11 is 1.41. The second-order valence-electron chi connectivity index (χ2n) is 6.19. The molecule has 1 heterocycles. The van der Waals surface area contributed by atoms with Crippen LogP contribution in [0.15, 0.2) is 47.4 Å². The van der Waals surface area contributed by atoms with E-state index >= 15 is 0 Å². The van der Waals surface area contributed by atoms with Gasteiger partial charge in [0, 0.05) is 17.0 Å². The molecule has 0 aromatic heterocycles. The molecule has 3 amide bonds. The van der Waals surface area contributed by atoms with Gasteiger partial charge in [0.15, 0.2) is 0 Å². The number of carbonyl (C=O) groups is 3. The Kier molecular flexibility index (Phi) is 5.75. The molecule has 1 atom stereocenters. The highest BCUT2D eigenvalue weighted by Gasteiger charge is 2.20. The van der Waals surface area contributed by atoms with Crippen LogP contribution in [0.3, 0.4) is 0 Å². The number of benzene rings is 2. The minimum Gasteiger partial charge on any atom is -0.369 e. The fraction of sp³-hybridized carbons (Fsp3) is 0.211. The molecule has 1 aliphatic rings. The summed E-state index contributed by atoms with van der Waals surface area (Å²) in [7, 11) is 0. The molecule has 0 saturated carbocycles. The van der Waals surface area contributed by atoms with Crippen LogP contribution in [-0.4, -0.2) is 30.0 Å². The monoisotopic (exact) mass is 387 g/mol. The van der Waals surface area contributed by atoms with Gasteiger partial charge in [-0.15, -0.1) is 11.8 Å². The van der Waals surface area contributed by atoms with Crippen LogP contribution in [0.25, 0.3) is 0 Å². The molecule has 3 rings (SSSR count). The molecule has 0 aliphatic carbocycles. The van der Waals surface area contributed by atoms with Crippen LogP contribution in [-0.2, 0) is 16.0 Å². The second kappa shape index (κ2) is 8.22. The lowest BCUT2D eigenvalue weighted by Crippen LogP contribution is -2.37. The van der Waals surface area contributed by atoms with E-state index in [1.807, 2.05) is 0 Å². The van der Waals surface area contributed by atoms with Gasteiger partial charge in [0.25, 0.3) is 5.91 Å². The average Bonchev–Trinajstić information content (AvgIpc) is 2.65. The third-order valence-electron chi connectivity index (χ3n) is 4.18. The van der Waals surface area contributed by atoms with Crippen LogP contribution < -0.4 is 16.4 Å². The van der Waals surface area contributed by atoms with E-state index in [4.69, 9.17) is 5.73 Å². The molecular formula is C19H18FN3O3S. The Balaban J connectivity index is 1.64. The van der Waals surface area contributed by atoms with Gasteiger partial charge in [0.1, 0.15) is 5.82 Å². The average molecular weight is 387 g/mol. The molecule has 0 fully saturated rings. The number of hydrogen-bond donors (Lipinski definition) is 3. The summed E-state index contributed by atoms with van der Waals surface area (Å²) < 4.78 is 13.0. The van der Waals surface area contributed by atoms with Crippen molar-refractivity contribution in [2.75, 3.05) is 17.6 Å². The number of anilines is 1. The summed E-state index contributed by atoms with van der Waals surface area (Å²) in [5.41, 5.74) is 7.16. The SMILES string of the molecule is NC(=O)[C@@H](CNC(=O)c1ccc2c(c1)NC(=O)CS2)Cc1ccc(F)cc1. The predicted octanol–water partition coefficient (Wildman–Crippen LogP) is 1.94. The van der Waals surface area contributed by atoms with E-state index in [2.05, 4.69) is 10.6 Å². The van der Waals surface area contributed by atoms with Crippen LogP contribution >= 0.6 is 11.8 Å². The van der Waals surface area contributed by atoms with Gasteiger partial charge in [-0.05, 0) is 42.3 Å². The van der Waals surface area contributed by atoms with Crippen LogP contribution in [0, 0.1) is 11.7 Å². The second-order valence-corrected chi connectivity index (χ2v) is 7.20. The van der Waals surface area contributed by atoms with E-state index in [1.165, 1.54) is 23.9 Å². The lowest BCUT2D eigenvalue weighted by molar-refractivity contribution is -0.121. The zero-order valence-corrected chi connectivity index (χ0v) is 15.1. The van der Waals surface area contributed by atoms with Gasteiger partial charge in [-0.3, -0.25) is 14.4 Å². The first-order valence-electron chi connectivity index (χ1n) is 8.31. The van der Waals surface area contributed by atoms with Crippen LogP contribution in [0.2, 0.25) is 0 Å². The van der Waals surface area contributed by atoms with Gasteiger partial charge in [0.05, 0.1) is 17.4 Å². The van der Waals surface area contributed by atoms with Gasteiger partial charge in [-0.1, -0.05) is 12.1 Å². The number of hydrogen-bond acceptors (Lipinski definition) is 4. The van der Waals surface area contributed by atoms with Crippen molar-refractivity contribution >= 4 is 35.2 Å². The molecule has 0 bridgehead atoms. The molecule has 8 heteroatoms. The third kappa shape index (κ3) is 4.85. The van der Waals surface area contributed by atoms with E-state index in [-0.39, 0.29) is 24.2 Å². The van der Waals surface area contributed by atoms with Crippen LogP contribution in [0.4, 0.5) is 10.1 Å². The zero-order valence-electron chi connectivity index (χ0n) is 14.3. The maximum absolute atomic E-state index is 13.0. The molecule has 2 aromatic carbocycles. The van der Waals surface area contributed by atoms with Crippen molar-refractivity contribution in [1.29, 1.82) is 0 Å². The van der Waals surface area contributed by atoms with Crippen molar-refractivity contribution in [3.05, 3.63) is 59.4 Å². The van der Waals surface area contributed by atoms with Crippen LogP contribution in [0.1, 0.15) is 15.9 Å². The van der Waals surface area contributed by atoms with Crippen molar-refractivity contribution in [3.63, 3.8) is 0 Å². The number of thioether (sulfide) groups is 1. The summed E-state index contributed by atoms with van der Waals surface area (Å²) in [5.74, 6) is -1.66. The molecule has 0 spiro atoms. The summed E-state index contributed by atoms with van der Waals surface area (Å²) in [6, 6.07) is 10.8. The minimum atomic E-state index is -0.618. The van der Waals surface area contributed by atoms with Crippen molar-refractivity contribution < 1.29 is 18.8 Å². The van der Waals surface area contributed by atoms with Crippen molar-refractivity contribution in [3.8, 4) is 0 Å². The maximum Gasteiger partial charge on any atom is 0.251 e. The number of halogens is 1. The lowest BCUT2D eigenvalue weighted by Gasteiger charge is -2.18.